The van der Waals surface area contributed by atoms with Crippen molar-refractivity contribution in [2.45, 2.75) is 50.5 Å². The smallest absolute Gasteiger partial charge is 0.252 e. The van der Waals surface area contributed by atoms with E-state index in [9.17, 15) is 9.90 Å². The Morgan fingerprint density at radius 1 is 1.26 bits per heavy atom. The highest BCUT2D eigenvalue weighted by Crippen LogP contribution is 2.49. The summed E-state index contributed by atoms with van der Waals surface area (Å²) in [5.74, 6) is 4.40. The number of nitrogens with one attached hydrogen (secondary N) is 1. The fraction of sp³-hybridized carbons (Fsp3) is 0.933. The van der Waals surface area contributed by atoms with E-state index in [4.69, 9.17) is 0 Å². The molecule has 2 bridgehead atoms. The Kier molecular flexibility index (Phi) is 4.08. The fourth-order valence-electron chi connectivity index (χ4n) is 4.20. The maximum atomic E-state index is 12.1. The molecule has 108 valence electrons. The van der Waals surface area contributed by atoms with Gasteiger partial charge in [0.05, 0.1) is 0 Å². The Morgan fingerprint density at radius 2 is 2.05 bits per heavy atom. The SMILES string of the molecule is O=C(NCCC1CC2CCC1C2)C1(O)CCSCC1. The highest BCUT2D eigenvalue weighted by Gasteiger charge is 2.40. The van der Waals surface area contributed by atoms with Gasteiger partial charge in [0.25, 0.3) is 5.91 Å². The minimum absolute atomic E-state index is 0.129. The second-order valence-electron chi connectivity index (χ2n) is 6.62. The van der Waals surface area contributed by atoms with Gasteiger partial charge in [-0.05, 0) is 67.8 Å². The number of fused-ring (bicyclic) bond motifs is 2. The van der Waals surface area contributed by atoms with E-state index in [1.54, 1.807) is 0 Å². The fourth-order valence-corrected chi connectivity index (χ4v) is 5.37. The summed E-state index contributed by atoms with van der Waals surface area (Å²) in [6.45, 7) is 0.752. The van der Waals surface area contributed by atoms with E-state index in [0.29, 0.717) is 12.8 Å². The van der Waals surface area contributed by atoms with Gasteiger partial charge in [0, 0.05) is 6.54 Å². The Labute approximate surface area is 119 Å². The first-order valence-electron chi connectivity index (χ1n) is 7.76. The number of carbonyl (C=O) groups excluding carboxylic acids is 1. The Morgan fingerprint density at radius 3 is 2.68 bits per heavy atom. The highest BCUT2D eigenvalue weighted by molar-refractivity contribution is 7.99. The summed E-state index contributed by atoms with van der Waals surface area (Å²) < 4.78 is 0. The van der Waals surface area contributed by atoms with Crippen LogP contribution in [0.3, 0.4) is 0 Å². The second-order valence-corrected chi connectivity index (χ2v) is 7.85. The maximum absolute atomic E-state index is 12.1. The van der Waals surface area contributed by atoms with Gasteiger partial charge in [-0.15, -0.1) is 0 Å². The number of aliphatic hydroxyl groups is 1. The predicted octanol–water partition coefficient (Wildman–Crippen LogP) is 2.19. The standard InChI is InChI=1S/C15H25NO2S/c17-14(15(18)4-7-19-8-5-15)16-6-3-13-10-11-1-2-12(13)9-11/h11-13,18H,1-10H2,(H,16,17). The molecule has 3 aliphatic rings. The first kappa shape index (κ1) is 13.7. The summed E-state index contributed by atoms with van der Waals surface area (Å²) in [4.78, 5) is 12.1. The number of hydrogen-bond acceptors (Lipinski definition) is 3. The summed E-state index contributed by atoms with van der Waals surface area (Å²) in [5, 5.41) is 13.3. The van der Waals surface area contributed by atoms with Crippen molar-refractivity contribution in [3.8, 4) is 0 Å². The lowest BCUT2D eigenvalue weighted by molar-refractivity contribution is -0.140. The van der Waals surface area contributed by atoms with Gasteiger partial charge in [0.15, 0.2) is 0 Å². The minimum Gasteiger partial charge on any atom is -0.380 e. The van der Waals surface area contributed by atoms with E-state index < -0.39 is 5.60 Å². The van der Waals surface area contributed by atoms with Crippen LogP contribution in [0.1, 0.15) is 44.9 Å². The molecule has 0 aromatic rings. The molecule has 3 unspecified atom stereocenters. The lowest BCUT2D eigenvalue weighted by Gasteiger charge is -2.30. The van der Waals surface area contributed by atoms with Gasteiger partial charge in [-0.1, -0.05) is 6.42 Å². The van der Waals surface area contributed by atoms with Crippen molar-refractivity contribution >= 4 is 17.7 Å². The zero-order valence-corrected chi connectivity index (χ0v) is 12.4. The number of thioether (sulfide) groups is 1. The van der Waals surface area contributed by atoms with Gasteiger partial charge in [0.2, 0.25) is 0 Å². The van der Waals surface area contributed by atoms with Crippen LogP contribution >= 0.6 is 11.8 Å². The molecular formula is C15H25NO2S. The van der Waals surface area contributed by atoms with Gasteiger partial charge in [-0.25, -0.2) is 0 Å². The van der Waals surface area contributed by atoms with Crippen LogP contribution in [0, 0.1) is 17.8 Å². The zero-order chi connectivity index (χ0) is 13.3. The molecule has 4 heteroatoms. The Hall–Kier alpha value is -0.220. The lowest BCUT2D eigenvalue weighted by Crippen LogP contribution is -2.49. The molecule has 0 aromatic heterocycles. The van der Waals surface area contributed by atoms with Gasteiger partial charge >= 0.3 is 0 Å². The lowest BCUT2D eigenvalue weighted by atomic mass is 9.86. The number of carbonyl (C=O) groups is 1. The number of amides is 1. The van der Waals surface area contributed by atoms with Crippen LogP contribution in [-0.2, 0) is 4.79 Å². The summed E-state index contributed by atoms with van der Waals surface area (Å²) >= 11 is 1.83. The highest BCUT2D eigenvalue weighted by atomic mass is 32.2. The van der Waals surface area contributed by atoms with E-state index in [-0.39, 0.29) is 5.91 Å². The van der Waals surface area contributed by atoms with E-state index in [1.165, 1.54) is 25.7 Å². The predicted molar refractivity (Wildman–Crippen MR) is 78.1 cm³/mol. The molecule has 2 aliphatic carbocycles. The summed E-state index contributed by atoms with van der Waals surface area (Å²) in [7, 11) is 0. The van der Waals surface area contributed by atoms with Gasteiger partial charge in [-0.3, -0.25) is 4.79 Å². The number of rotatable bonds is 4. The molecule has 19 heavy (non-hydrogen) atoms. The average molecular weight is 283 g/mol. The molecule has 3 rings (SSSR count). The van der Waals surface area contributed by atoms with Crippen LogP contribution in [0.25, 0.3) is 0 Å². The molecule has 3 nitrogen and oxygen atoms in total. The second kappa shape index (κ2) is 5.65. The third kappa shape index (κ3) is 2.94. The molecule has 3 fully saturated rings. The Bertz CT molecular complexity index is 341. The first-order chi connectivity index (χ1) is 9.17. The van der Waals surface area contributed by atoms with Crippen LogP contribution in [0.2, 0.25) is 0 Å². The van der Waals surface area contributed by atoms with Crippen molar-refractivity contribution < 1.29 is 9.90 Å². The zero-order valence-electron chi connectivity index (χ0n) is 11.6. The molecule has 3 atom stereocenters. The Balaban J connectivity index is 1.41. The van der Waals surface area contributed by atoms with E-state index >= 15 is 0 Å². The molecule has 0 radical (unpaired) electrons. The molecule has 1 aliphatic heterocycles. The van der Waals surface area contributed by atoms with Crippen LogP contribution in [0.4, 0.5) is 0 Å². The monoisotopic (exact) mass is 283 g/mol. The van der Waals surface area contributed by atoms with Crippen LogP contribution < -0.4 is 5.32 Å². The quantitative estimate of drug-likeness (QED) is 0.831. The van der Waals surface area contributed by atoms with Crippen LogP contribution in [0.15, 0.2) is 0 Å². The summed E-state index contributed by atoms with van der Waals surface area (Å²) in [6, 6.07) is 0. The third-order valence-corrected chi connectivity index (χ3v) is 6.41. The van der Waals surface area contributed by atoms with Crippen molar-refractivity contribution in [3.05, 3.63) is 0 Å². The van der Waals surface area contributed by atoms with Gasteiger partial charge in [-0.2, -0.15) is 11.8 Å². The molecule has 1 amide bonds. The van der Waals surface area contributed by atoms with Crippen LogP contribution in [0.5, 0.6) is 0 Å². The largest absolute Gasteiger partial charge is 0.380 e. The van der Waals surface area contributed by atoms with E-state index in [1.807, 2.05) is 11.8 Å². The van der Waals surface area contributed by atoms with Gasteiger partial charge < -0.3 is 10.4 Å². The molecular weight excluding hydrogens is 258 g/mol. The summed E-state index contributed by atoms with van der Waals surface area (Å²) in [5.41, 5.74) is -1.08. The third-order valence-electron chi connectivity index (χ3n) is 5.43. The molecule has 1 heterocycles. The van der Waals surface area contributed by atoms with Crippen molar-refractivity contribution in [1.82, 2.24) is 5.32 Å². The number of hydrogen-bond donors (Lipinski definition) is 2. The van der Waals surface area contributed by atoms with E-state index in [2.05, 4.69) is 5.32 Å². The normalized spacial score (nSPS) is 36.4. The molecule has 0 aromatic carbocycles. The maximum Gasteiger partial charge on any atom is 0.252 e. The summed E-state index contributed by atoms with van der Waals surface area (Å²) in [6.07, 6.45) is 7.98. The molecule has 0 spiro atoms. The van der Waals surface area contributed by atoms with Crippen molar-refractivity contribution in [1.29, 1.82) is 0 Å². The first-order valence-corrected chi connectivity index (χ1v) is 8.91. The van der Waals surface area contributed by atoms with E-state index in [0.717, 1.165) is 42.2 Å². The van der Waals surface area contributed by atoms with Crippen molar-refractivity contribution in [2.75, 3.05) is 18.1 Å². The average Bonchev–Trinajstić information content (AvgIpc) is 3.02. The topological polar surface area (TPSA) is 49.3 Å². The molecule has 2 saturated carbocycles. The van der Waals surface area contributed by atoms with Crippen LogP contribution in [-0.4, -0.2) is 34.7 Å². The molecule has 1 saturated heterocycles. The van der Waals surface area contributed by atoms with Crippen molar-refractivity contribution in [2.24, 2.45) is 17.8 Å². The van der Waals surface area contributed by atoms with Crippen molar-refractivity contribution in [3.63, 3.8) is 0 Å². The minimum atomic E-state index is -1.08. The molecule has 2 N–H and O–H groups in total. The van der Waals surface area contributed by atoms with Gasteiger partial charge in [0.1, 0.15) is 5.60 Å².